The molecule has 1 N–H and O–H groups in total. The molecule has 0 saturated heterocycles. The Hall–Kier alpha value is -1.51. The van der Waals surface area contributed by atoms with Crippen LogP contribution in [0.15, 0.2) is 24.3 Å². The lowest BCUT2D eigenvalue weighted by molar-refractivity contribution is -0.152. The van der Waals surface area contributed by atoms with Crippen LogP contribution >= 0.6 is 0 Å². The van der Waals surface area contributed by atoms with E-state index in [-0.39, 0.29) is 12.5 Å². The Morgan fingerprint density at radius 3 is 2.37 bits per heavy atom. The summed E-state index contributed by atoms with van der Waals surface area (Å²) in [4.78, 5) is 11.6. The summed E-state index contributed by atoms with van der Waals surface area (Å²) in [6.07, 6.45) is 3.53. The molecule has 0 amide bonds. The highest BCUT2D eigenvalue weighted by Gasteiger charge is 2.15. The number of carbonyl (C=O) groups is 1. The number of rotatable bonds is 6. The van der Waals surface area contributed by atoms with Crippen LogP contribution in [0.2, 0.25) is 0 Å². The fourth-order valence-corrected chi connectivity index (χ4v) is 1.72. The molecule has 0 aliphatic heterocycles. The van der Waals surface area contributed by atoms with Crippen LogP contribution < -0.4 is 5.32 Å². The van der Waals surface area contributed by atoms with Crippen LogP contribution in [0.1, 0.15) is 46.1 Å². The zero-order valence-electron chi connectivity index (χ0n) is 12.5. The number of aryl methyl sites for hydroxylation is 1. The Labute approximate surface area is 116 Å². The molecule has 0 aromatic heterocycles. The summed E-state index contributed by atoms with van der Waals surface area (Å²) in [6.45, 7) is 8.00. The highest BCUT2D eigenvalue weighted by molar-refractivity contribution is 5.75. The van der Waals surface area contributed by atoms with Gasteiger partial charge in [0.1, 0.15) is 12.1 Å². The third-order valence-corrected chi connectivity index (χ3v) is 2.63. The third kappa shape index (κ3) is 6.85. The minimum absolute atomic E-state index is 0.200. The van der Waals surface area contributed by atoms with E-state index in [1.54, 1.807) is 0 Å². The molecular weight excluding hydrogens is 238 g/mol. The van der Waals surface area contributed by atoms with Gasteiger partial charge in [-0.15, -0.1) is 0 Å². The molecular formula is C16H25NO2. The zero-order chi connectivity index (χ0) is 14.3. The second kappa shape index (κ2) is 7.17. The number of hydrogen-bond donors (Lipinski definition) is 1. The molecule has 1 aromatic rings. The van der Waals surface area contributed by atoms with E-state index in [1.807, 2.05) is 32.9 Å². The van der Waals surface area contributed by atoms with Gasteiger partial charge < -0.3 is 10.1 Å². The molecule has 0 saturated carbocycles. The molecule has 0 fully saturated rings. The van der Waals surface area contributed by atoms with Crippen molar-refractivity contribution in [3.8, 4) is 0 Å². The van der Waals surface area contributed by atoms with Gasteiger partial charge in [-0.1, -0.05) is 25.5 Å². The molecule has 3 nitrogen and oxygen atoms in total. The van der Waals surface area contributed by atoms with Crippen molar-refractivity contribution in [2.45, 2.75) is 52.6 Å². The predicted molar refractivity (Wildman–Crippen MR) is 79.4 cm³/mol. The second-order valence-corrected chi connectivity index (χ2v) is 5.74. The highest BCUT2D eigenvalue weighted by atomic mass is 16.6. The van der Waals surface area contributed by atoms with Crippen LogP contribution in [0.5, 0.6) is 0 Å². The predicted octanol–water partition coefficient (Wildman–Crippen LogP) is 3.78. The van der Waals surface area contributed by atoms with Crippen molar-refractivity contribution in [2.24, 2.45) is 0 Å². The van der Waals surface area contributed by atoms with Crippen LogP contribution in [-0.4, -0.2) is 18.1 Å². The van der Waals surface area contributed by atoms with Crippen molar-refractivity contribution in [2.75, 3.05) is 11.9 Å². The van der Waals surface area contributed by atoms with Gasteiger partial charge in [0.25, 0.3) is 0 Å². The smallest absolute Gasteiger partial charge is 0.325 e. The average Bonchev–Trinajstić information content (AvgIpc) is 2.33. The van der Waals surface area contributed by atoms with E-state index in [0.29, 0.717) is 0 Å². The molecule has 0 atom stereocenters. The van der Waals surface area contributed by atoms with E-state index in [2.05, 4.69) is 24.4 Å². The molecule has 0 radical (unpaired) electrons. The van der Waals surface area contributed by atoms with Crippen molar-refractivity contribution in [3.63, 3.8) is 0 Å². The van der Waals surface area contributed by atoms with Crippen LogP contribution in [0, 0.1) is 0 Å². The Morgan fingerprint density at radius 2 is 1.84 bits per heavy atom. The topological polar surface area (TPSA) is 38.3 Å². The summed E-state index contributed by atoms with van der Waals surface area (Å²) in [5.74, 6) is -0.234. The first-order valence-corrected chi connectivity index (χ1v) is 6.95. The van der Waals surface area contributed by atoms with Gasteiger partial charge in [0.15, 0.2) is 0 Å². The molecule has 0 bridgehead atoms. The summed E-state index contributed by atoms with van der Waals surface area (Å²) >= 11 is 0. The highest BCUT2D eigenvalue weighted by Crippen LogP contribution is 2.12. The average molecular weight is 263 g/mol. The largest absolute Gasteiger partial charge is 0.459 e. The Balaban J connectivity index is 2.39. The molecule has 0 aliphatic carbocycles. The first-order chi connectivity index (χ1) is 8.90. The van der Waals surface area contributed by atoms with Gasteiger partial charge in [-0.05, 0) is 51.3 Å². The summed E-state index contributed by atoms with van der Waals surface area (Å²) in [7, 11) is 0. The van der Waals surface area contributed by atoms with Crippen molar-refractivity contribution in [1.82, 2.24) is 0 Å². The van der Waals surface area contributed by atoms with E-state index in [4.69, 9.17) is 4.74 Å². The lowest BCUT2D eigenvalue weighted by atomic mass is 10.1. The summed E-state index contributed by atoms with van der Waals surface area (Å²) in [5, 5.41) is 3.08. The first kappa shape index (κ1) is 15.5. The molecule has 3 heteroatoms. The van der Waals surface area contributed by atoms with Crippen LogP contribution in [0.3, 0.4) is 0 Å². The fourth-order valence-electron chi connectivity index (χ4n) is 1.72. The number of carbonyl (C=O) groups excluding carboxylic acids is 1. The Kier molecular flexibility index (Phi) is 5.87. The van der Waals surface area contributed by atoms with Gasteiger partial charge >= 0.3 is 5.97 Å². The van der Waals surface area contributed by atoms with Gasteiger partial charge in [-0.2, -0.15) is 0 Å². The van der Waals surface area contributed by atoms with Crippen LogP contribution in [0.4, 0.5) is 5.69 Å². The molecule has 1 aromatic carbocycles. The van der Waals surface area contributed by atoms with E-state index in [1.165, 1.54) is 18.4 Å². The SMILES string of the molecule is CCCCc1ccc(NCC(=O)OC(C)(C)C)cc1. The Bertz CT molecular complexity index is 390. The van der Waals surface area contributed by atoms with Crippen molar-refractivity contribution in [1.29, 1.82) is 0 Å². The standard InChI is InChI=1S/C16H25NO2/c1-5-6-7-13-8-10-14(11-9-13)17-12-15(18)19-16(2,3)4/h8-11,17H,5-7,12H2,1-4H3. The Morgan fingerprint density at radius 1 is 1.21 bits per heavy atom. The van der Waals surface area contributed by atoms with E-state index < -0.39 is 5.60 Å². The van der Waals surface area contributed by atoms with Crippen molar-refractivity contribution < 1.29 is 9.53 Å². The maximum atomic E-state index is 11.6. The quantitative estimate of drug-likeness (QED) is 0.794. The molecule has 0 aliphatic rings. The lowest BCUT2D eigenvalue weighted by Gasteiger charge is -2.19. The second-order valence-electron chi connectivity index (χ2n) is 5.74. The number of hydrogen-bond acceptors (Lipinski definition) is 3. The zero-order valence-corrected chi connectivity index (χ0v) is 12.5. The van der Waals surface area contributed by atoms with E-state index in [0.717, 1.165) is 12.1 Å². The number of ether oxygens (including phenoxy) is 1. The molecule has 1 rings (SSSR count). The number of anilines is 1. The first-order valence-electron chi connectivity index (χ1n) is 6.95. The summed E-state index contributed by atoms with van der Waals surface area (Å²) in [6, 6.07) is 8.23. The van der Waals surface area contributed by atoms with E-state index >= 15 is 0 Å². The monoisotopic (exact) mass is 263 g/mol. The van der Waals surface area contributed by atoms with Gasteiger partial charge in [0, 0.05) is 5.69 Å². The molecule has 0 heterocycles. The third-order valence-electron chi connectivity index (χ3n) is 2.63. The number of esters is 1. The van der Waals surface area contributed by atoms with Crippen LogP contribution in [0.25, 0.3) is 0 Å². The summed E-state index contributed by atoms with van der Waals surface area (Å²) in [5.41, 5.74) is 1.86. The van der Waals surface area contributed by atoms with E-state index in [9.17, 15) is 4.79 Å². The molecule has 0 spiro atoms. The van der Waals surface area contributed by atoms with Gasteiger partial charge in [-0.3, -0.25) is 4.79 Å². The fraction of sp³-hybridized carbons (Fsp3) is 0.562. The number of unbranched alkanes of at least 4 members (excludes halogenated alkanes) is 1. The van der Waals surface area contributed by atoms with Crippen molar-refractivity contribution in [3.05, 3.63) is 29.8 Å². The van der Waals surface area contributed by atoms with Gasteiger partial charge in [-0.25, -0.2) is 0 Å². The maximum absolute atomic E-state index is 11.6. The summed E-state index contributed by atoms with van der Waals surface area (Å²) < 4.78 is 5.23. The van der Waals surface area contributed by atoms with Gasteiger partial charge in [0.05, 0.1) is 0 Å². The molecule has 106 valence electrons. The minimum Gasteiger partial charge on any atom is -0.459 e. The maximum Gasteiger partial charge on any atom is 0.325 e. The lowest BCUT2D eigenvalue weighted by Crippen LogP contribution is -2.28. The minimum atomic E-state index is -0.428. The molecule has 0 unspecified atom stereocenters. The number of benzene rings is 1. The normalized spacial score (nSPS) is 11.2. The van der Waals surface area contributed by atoms with Gasteiger partial charge in [0.2, 0.25) is 0 Å². The molecule has 19 heavy (non-hydrogen) atoms. The number of nitrogens with one attached hydrogen (secondary N) is 1. The van der Waals surface area contributed by atoms with Crippen LogP contribution in [-0.2, 0) is 16.0 Å². The van der Waals surface area contributed by atoms with Crippen molar-refractivity contribution >= 4 is 11.7 Å².